The summed E-state index contributed by atoms with van der Waals surface area (Å²) in [6, 6.07) is 7.00. The van der Waals surface area contributed by atoms with Gasteiger partial charge in [-0.2, -0.15) is 0 Å². The average Bonchev–Trinajstić information content (AvgIpc) is 2.37. The second-order valence-electron chi connectivity index (χ2n) is 4.49. The largest absolute Gasteiger partial charge is 0.320 e. The first-order valence-electron chi connectivity index (χ1n) is 6.21. The third-order valence-corrected chi connectivity index (χ3v) is 3.32. The molecule has 0 spiro atoms. The van der Waals surface area contributed by atoms with Crippen molar-refractivity contribution in [1.82, 2.24) is 10.2 Å². The molecule has 0 amide bonds. The molecule has 3 nitrogen and oxygen atoms in total. The molecule has 1 aromatic carbocycles. The van der Waals surface area contributed by atoms with E-state index in [2.05, 4.69) is 10.2 Å². The van der Waals surface area contributed by atoms with Crippen molar-refractivity contribution in [2.24, 2.45) is 0 Å². The van der Waals surface area contributed by atoms with E-state index < -0.39 is 0 Å². The highest BCUT2D eigenvalue weighted by Gasteiger charge is 2.19. The highest BCUT2D eigenvalue weighted by molar-refractivity contribution is 6.31. The molecule has 1 unspecified atom stereocenters. The van der Waals surface area contributed by atoms with Gasteiger partial charge in [-0.3, -0.25) is 9.69 Å². The van der Waals surface area contributed by atoms with Gasteiger partial charge in [0.1, 0.15) is 0 Å². The van der Waals surface area contributed by atoms with E-state index in [0.29, 0.717) is 10.6 Å². The van der Waals surface area contributed by atoms with E-state index in [1.807, 2.05) is 33.2 Å². The van der Waals surface area contributed by atoms with Crippen LogP contribution >= 0.6 is 11.6 Å². The number of rotatable bonds is 7. The average molecular weight is 269 g/mol. The van der Waals surface area contributed by atoms with Crippen molar-refractivity contribution in [3.8, 4) is 0 Å². The van der Waals surface area contributed by atoms with Gasteiger partial charge in [-0.25, -0.2) is 0 Å². The maximum absolute atomic E-state index is 12.3. The van der Waals surface area contributed by atoms with E-state index in [9.17, 15) is 4.79 Å². The van der Waals surface area contributed by atoms with Gasteiger partial charge in [0, 0.05) is 10.6 Å². The van der Waals surface area contributed by atoms with Gasteiger partial charge in [-0.1, -0.05) is 23.7 Å². The standard InChI is InChI=1S/C14H21ClN2O/c1-11(17(3)9-5-8-16-2)14(18)12-6-4-7-13(15)10-12/h4,6-7,10-11,16H,5,8-9H2,1-3H3. The van der Waals surface area contributed by atoms with Crippen LogP contribution in [-0.2, 0) is 0 Å². The number of likely N-dealkylation sites (N-methyl/N-ethyl adjacent to an activating group) is 1. The molecule has 0 aliphatic heterocycles. The maximum Gasteiger partial charge on any atom is 0.179 e. The number of halogens is 1. The van der Waals surface area contributed by atoms with Crippen molar-refractivity contribution in [3.05, 3.63) is 34.9 Å². The summed E-state index contributed by atoms with van der Waals surface area (Å²) in [6.07, 6.45) is 1.03. The topological polar surface area (TPSA) is 32.3 Å². The Morgan fingerprint density at radius 3 is 2.83 bits per heavy atom. The second-order valence-corrected chi connectivity index (χ2v) is 4.92. The lowest BCUT2D eigenvalue weighted by Crippen LogP contribution is -2.37. The predicted octanol–water partition coefficient (Wildman–Crippen LogP) is 2.45. The number of hydrogen-bond acceptors (Lipinski definition) is 3. The van der Waals surface area contributed by atoms with E-state index in [0.717, 1.165) is 19.5 Å². The van der Waals surface area contributed by atoms with Crippen LogP contribution in [0.3, 0.4) is 0 Å². The zero-order valence-electron chi connectivity index (χ0n) is 11.2. The molecule has 0 aromatic heterocycles. The minimum absolute atomic E-state index is 0.115. The number of benzene rings is 1. The van der Waals surface area contributed by atoms with Crippen molar-refractivity contribution in [2.75, 3.05) is 27.2 Å². The number of carbonyl (C=O) groups is 1. The summed E-state index contributed by atoms with van der Waals surface area (Å²) >= 11 is 5.90. The minimum Gasteiger partial charge on any atom is -0.320 e. The van der Waals surface area contributed by atoms with Crippen LogP contribution < -0.4 is 5.32 Å². The van der Waals surface area contributed by atoms with Crippen LogP contribution in [0, 0.1) is 0 Å². The summed E-state index contributed by atoms with van der Waals surface area (Å²) in [5, 5.41) is 3.70. The second kappa shape index (κ2) is 7.52. The molecule has 1 aromatic rings. The summed E-state index contributed by atoms with van der Waals surface area (Å²) in [7, 11) is 3.91. The molecule has 0 radical (unpaired) electrons. The van der Waals surface area contributed by atoms with E-state index in [-0.39, 0.29) is 11.8 Å². The Morgan fingerprint density at radius 2 is 2.22 bits per heavy atom. The molecule has 1 N–H and O–H groups in total. The quantitative estimate of drug-likeness (QED) is 0.609. The number of Topliss-reactive ketones (excluding diaryl/α,β-unsaturated/α-hetero) is 1. The lowest BCUT2D eigenvalue weighted by molar-refractivity contribution is 0.0868. The Bertz CT molecular complexity index is 395. The Hall–Kier alpha value is -0.900. The summed E-state index contributed by atoms with van der Waals surface area (Å²) in [5.41, 5.74) is 0.676. The van der Waals surface area contributed by atoms with Crippen LogP contribution in [0.1, 0.15) is 23.7 Å². The van der Waals surface area contributed by atoms with E-state index in [4.69, 9.17) is 11.6 Å². The first-order valence-corrected chi connectivity index (χ1v) is 6.58. The van der Waals surface area contributed by atoms with E-state index in [1.165, 1.54) is 0 Å². The summed E-state index contributed by atoms with van der Waals surface area (Å²) < 4.78 is 0. The fourth-order valence-electron chi connectivity index (χ4n) is 1.78. The summed E-state index contributed by atoms with van der Waals surface area (Å²) in [4.78, 5) is 14.3. The molecular formula is C14H21ClN2O. The van der Waals surface area contributed by atoms with Gasteiger partial charge in [0.15, 0.2) is 5.78 Å². The number of nitrogens with zero attached hydrogens (tertiary/aromatic N) is 1. The van der Waals surface area contributed by atoms with Gasteiger partial charge in [0.2, 0.25) is 0 Å². The molecule has 0 aliphatic rings. The van der Waals surface area contributed by atoms with Crippen molar-refractivity contribution in [2.45, 2.75) is 19.4 Å². The lowest BCUT2D eigenvalue weighted by Gasteiger charge is -2.23. The molecule has 0 bridgehead atoms. The predicted molar refractivity (Wildman–Crippen MR) is 76.4 cm³/mol. The van der Waals surface area contributed by atoms with E-state index >= 15 is 0 Å². The fourth-order valence-corrected chi connectivity index (χ4v) is 1.97. The van der Waals surface area contributed by atoms with Gasteiger partial charge in [0.25, 0.3) is 0 Å². The van der Waals surface area contributed by atoms with E-state index in [1.54, 1.807) is 12.1 Å². The lowest BCUT2D eigenvalue weighted by atomic mass is 10.0. The number of hydrogen-bond donors (Lipinski definition) is 1. The SMILES string of the molecule is CNCCCN(C)C(C)C(=O)c1cccc(Cl)c1. The normalized spacial score (nSPS) is 12.7. The highest BCUT2D eigenvalue weighted by Crippen LogP contribution is 2.14. The van der Waals surface area contributed by atoms with Crippen LogP contribution in [0.15, 0.2) is 24.3 Å². The van der Waals surface area contributed by atoms with Crippen LogP contribution in [0.5, 0.6) is 0 Å². The molecule has 0 aliphatic carbocycles. The molecule has 1 atom stereocenters. The van der Waals surface area contributed by atoms with Crippen LogP contribution in [0.25, 0.3) is 0 Å². The van der Waals surface area contributed by atoms with Crippen molar-refractivity contribution < 1.29 is 4.79 Å². The summed E-state index contributed by atoms with van der Waals surface area (Å²) in [6.45, 7) is 3.79. The third kappa shape index (κ3) is 4.41. The Balaban J connectivity index is 2.60. The van der Waals surface area contributed by atoms with Crippen molar-refractivity contribution in [3.63, 3.8) is 0 Å². The maximum atomic E-state index is 12.3. The number of nitrogens with one attached hydrogen (secondary N) is 1. The van der Waals surface area contributed by atoms with Crippen molar-refractivity contribution >= 4 is 17.4 Å². The molecule has 100 valence electrons. The smallest absolute Gasteiger partial charge is 0.179 e. The van der Waals surface area contributed by atoms with Gasteiger partial charge in [-0.15, -0.1) is 0 Å². The van der Waals surface area contributed by atoms with Gasteiger partial charge < -0.3 is 5.32 Å². The molecule has 0 heterocycles. The number of ketones is 1. The molecular weight excluding hydrogens is 248 g/mol. The number of carbonyl (C=O) groups excluding carboxylic acids is 1. The Kier molecular flexibility index (Phi) is 6.33. The summed E-state index contributed by atoms with van der Waals surface area (Å²) in [5.74, 6) is 0.115. The third-order valence-electron chi connectivity index (χ3n) is 3.09. The molecule has 1 rings (SSSR count). The van der Waals surface area contributed by atoms with Gasteiger partial charge >= 0.3 is 0 Å². The Labute approximate surface area is 114 Å². The molecule has 4 heteroatoms. The highest BCUT2D eigenvalue weighted by atomic mass is 35.5. The van der Waals surface area contributed by atoms with Gasteiger partial charge in [0.05, 0.1) is 6.04 Å². The van der Waals surface area contributed by atoms with Gasteiger partial charge in [-0.05, 0) is 52.7 Å². The first kappa shape index (κ1) is 15.2. The fraction of sp³-hybridized carbons (Fsp3) is 0.500. The zero-order chi connectivity index (χ0) is 13.5. The molecule has 0 saturated heterocycles. The molecule has 0 fully saturated rings. The minimum atomic E-state index is -0.125. The van der Waals surface area contributed by atoms with Crippen LogP contribution in [-0.4, -0.2) is 43.9 Å². The van der Waals surface area contributed by atoms with Crippen molar-refractivity contribution in [1.29, 1.82) is 0 Å². The zero-order valence-corrected chi connectivity index (χ0v) is 12.0. The monoisotopic (exact) mass is 268 g/mol. The van der Waals surface area contributed by atoms with Crippen LogP contribution in [0.4, 0.5) is 0 Å². The molecule has 18 heavy (non-hydrogen) atoms. The molecule has 0 saturated carbocycles. The van der Waals surface area contributed by atoms with Crippen LogP contribution in [0.2, 0.25) is 5.02 Å². The first-order chi connectivity index (χ1) is 8.56. The Morgan fingerprint density at radius 1 is 1.50 bits per heavy atom.